The Hall–Kier alpha value is -1.46. The molecule has 0 N–H and O–H groups in total. The zero-order chi connectivity index (χ0) is 15.2. The largest absolute Gasteiger partial charge is 0.493 e. The summed E-state index contributed by atoms with van der Waals surface area (Å²) in [5.41, 5.74) is 1.76. The maximum Gasteiger partial charge on any atom is 0.213 e. The molecule has 6 heteroatoms. The van der Waals surface area contributed by atoms with Crippen LogP contribution in [-0.4, -0.2) is 19.2 Å². The summed E-state index contributed by atoms with van der Waals surface area (Å²) in [6.45, 7) is 0.279. The van der Waals surface area contributed by atoms with E-state index in [1.54, 1.807) is 20.3 Å². The number of benzene rings is 1. The summed E-state index contributed by atoms with van der Waals surface area (Å²) in [6.07, 6.45) is 0. The first kappa shape index (κ1) is 15.9. The standard InChI is InChI=1S/C15H15BrClNO3/c1-19-13-7-10(8-16)6-12(17)15(13)21-9-11-4-3-5-14(18-11)20-2/h3-7H,8-9H2,1-2H3. The van der Waals surface area contributed by atoms with E-state index >= 15 is 0 Å². The van der Waals surface area contributed by atoms with Crippen molar-refractivity contribution in [2.75, 3.05) is 14.2 Å². The second-order valence-corrected chi connectivity index (χ2v) is 5.17. The molecule has 0 spiro atoms. The first-order chi connectivity index (χ1) is 10.2. The summed E-state index contributed by atoms with van der Waals surface area (Å²) < 4.78 is 16.2. The van der Waals surface area contributed by atoms with Crippen molar-refractivity contribution in [2.45, 2.75) is 11.9 Å². The minimum absolute atomic E-state index is 0.279. The van der Waals surface area contributed by atoms with Gasteiger partial charge in [0.1, 0.15) is 6.61 Å². The van der Waals surface area contributed by atoms with Crippen molar-refractivity contribution in [3.63, 3.8) is 0 Å². The molecule has 0 aliphatic rings. The molecule has 0 atom stereocenters. The summed E-state index contributed by atoms with van der Waals surface area (Å²) in [6, 6.07) is 9.22. The molecule has 2 rings (SSSR count). The fraction of sp³-hybridized carbons (Fsp3) is 0.267. The molecule has 1 aromatic carbocycles. The number of alkyl halides is 1. The lowest BCUT2D eigenvalue weighted by Gasteiger charge is -2.13. The number of hydrogen-bond acceptors (Lipinski definition) is 4. The fourth-order valence-electron chi connectivity index (χ4n) is 1.79. The van der Waals surface area contributed by atoms with Gasteiger partial charge < -0.3 is 14.2 Å². The second kappa shape index (κ2) is 7.52. The number of nitrogens with zero attached hydrogens (tertiary/aromatic N) is 1. The van der Waals surface area contributed by atoms with E-state index in [9.17, 15) is 0 Å². The average molecular weight is 373 g/mol. The molecule has 1 heterocycles. The van der Waals surface area contributed by atoms with Crippen LogP contribution in [-0.2, 0) is 11.9 Å². The van der Waals surface area contributed by atoms with Gasteiger partial charge in [0, 0.05) is 11.4 Å². The van der Waals surface area contributed by atoms with Gasteiger partial charge in [-0.05, 0) is 23.8 Å². The van der Waals surface area contributed by atoms with Crippen LogP contribution in [0.2, 0.25) is 5.02 Å². The SMILES string of the molecule is COc1cccc(COc2c(Cl)cc(CBr)cc2OC)n1. The normalized spacial score (nSPS) is 10.3. The van der Waals surface area contributed by atoms with Crippen LogP contribution in [0.1, 0.15) is 11.3 Å². The van der Waals surface area contributed by atoms with Crippen LogP contribution >= 0.6 is 27.5 Å². The van der Waals surface area contributed by atoms with Crippen molar-refractivity contribution in [1.29, 1.82) is 0 Å². The lowest BCUT2D eigenvalue weighted by molar-refractivity contribution is 0.278. The third-order valence-electron chi connectivity index (χ3n) is 2.80. The predicted octanol–water partition coefficient (Wildman–Crippen LogP) is 4.23. The molecule has 0 radical (unpaired) electrons. The quantitative estimate of drug-likeness (QED) is 0.712. The van der Waals surface area contributed by atoms with Crippen LogP contribution in [0.4, 0.5) is 0 Å². The number of aromatic nitrogens is 1. The van der Waals surface area contributed by atoms with E-state index in [-0.39, 0.29) is 6.61 Å². The van der Waals surface area contributed by atoms with Crippen molar-refractivity contribution in [2.24, 2.45) is 0 Å². The molecule has 0 bridgehead atoms. The van der Waals surface area contributed by atoms with Crippen LogP contribution in [0.3, 0.4) is 0 Å². The summed E-state index contributed by atoms with van der Waals surface area (Å²) >= 11 is 9.64. The molecular weight excluding hydrogens is 358 g/mol. The summed E-state index contributed by atoms with van der Waals surface area (Å²) in [4.78, 5) is 4.29. The Labute approximate surface area is 137 Å². The first-order valence-corrected chi connectivity index (χ1v) is 7.73. The number of methoxy groups -OCH3 is 2. The van der Waals surface area contributed by atoms with Crippen LogP contribution in [0.5, 0.6) is 17.4 Å². The maximum absolute atomic E-state index is 6.25. The highest BCUT2D eigenvalue weighted by Crippen LogP contribution is 2.37. The predicted molar refractivity (Wildman–Crippen MR) is 85.8 cm³/mol. The van der Waals surface area contributed by atoms with Gasteiger partial charge in [0.2, 0.25) is 5.88 Å². The van der Waals surface area contributed by atoms with Gasteiger partial charge in [-0.2, -0.15) is 0 Å². The van der Waals surface area contributed by atoms with Crippen molar-refractivity contribution in [3.8, 4) is 17.4 Å². The van der Waals surface area contributed by atoms with Gasteiger partial charge in [-0.15, -0.1) is 0 Å². The number of rotatable bonds is 6. The van der Waals surface area contributed by atoms with E-state index in [0.29, 0.717) is 27.7 Å². The molecule has 0 saturated heterocycles. The molecule has 21 heavy (non-hydrogen) atoms. The highest BCUT2D eigenvalue weighted by atomic mass is 79.9. The Balaban J connectivity index is 2.19. The van der Waals surface area contributed by atoms with Crippen LogP contribution in [0, 0.1) is 0 Å². The highest BCUT2D eigenvalue weighted by molar-refractivity contribution is 9.08. The van der Waals surface area contributed by atoms with E-state index < -0.39 is 0 Å². The molecular formula is C15H15BrClNO3. The van der Waals surface area contributed by atoms with E-state index in [2.05, 4.69) is 20.9 Å². The number of pyridine rings is 1. The summed E-state index contributed by atoms with van der Waals surface area (Å²) in [7, 11) is 3.16. The summed E-state index contributed by atoms with van der Waals surface area (Å²) in [5.74, 6) is 1.65. The Bertz CT molecular complexity index is 622. The topological polar surface area (TPSA) is 40.6 Å². The average Bonchev–Trinajstić information content (AvgIpc) is 2.53. The van der Waals surface area contributed by atoms with E-state index in [0.717, 1.165) is 11.3 Å². The fourth-order valence-corrected chi connectivity index (χ4v) is 2.40. The van der Waals surface area contributed by atoms with Crippen LogP contribution in [0.25, 0.3) is 0 Å². The van der Waals surface area contributed by atoms with Crippen LogP contribution < -0.4 is 14.2 Å². The number of hydrogen-bond donors (Lipinski definition) is 0. The number of halogens is 2. The van der Waals surface area contributed by atoms with Crippen molar-refractivity contribution >= 4 is 27.5 Å². The lowest BCUT2D eigenvalue weighted by Crippen LogP contribution is -2.01. The Morgan fingerprint density at radius 1 is 1.19 bits per heavy atom. The van der Waals surface area contributed by atoms with Crippen LogP contribution in [0.15, 0.2) is 30.3 Å². The third-order valence-corrected chi connectivity index (χ3v) is 3.73. The molecule has 112 valence electrons. The summed E-state index contributed by atoms with van der Waals surface area (Å²) in [5, 5.41) is 1.20. The molecule has 0 aliphatic carbocycles. The van der Waals surface area contributed by atoms with Gasteiger partial charge in [-0.25, -0.2) is 4.98 Å². The first-order valence-electron chi connectivity index (χ1n) is 6.23. The molecule has 0 saturated carbocycles. The van der Waals surface area contributed by atoms with Crippen molar-refractivity contribution in [1.82, 2.24) is 4.98 Å². The maximum atomic E-state index is 6.25. The van der Waals surface area contributed by atoms with Gasteiger partial charge >= 0.3 is 0 Å². The minimum Gasteiger partial charge on any atom is -0.493 e. The zero-order valence-electron chi connectivity index (χ0n) is 11.7. The molecule has 2 aromatic rings. The Morgan fingerprint density at radius 3 is 2.67 bits per heavy atom. The van der Waals surface area contributed by atoms with Crippen molar-refractivity contribution in [3.05, 3.63) is 46.6 Å². The van der Waals surface area contributed by atoms with E-state index in [4.69, 9.17) is 25.8 Å². The van der Waals surface area contributed by atoms with Gasteiger partial charge in [0.15, 0.2) is 11.5 Å². The van der Waals surface area contributed by atoms with Gasteiger partial charge in [-0.1, -0.05) is 33.6 Å². The molecule has 4 nitrogen and oxygen atoms in total. The molecule has 1 aromatic heterocycles. The highest BCUT2D eigenvalue weighted by Gasteiger charge is 2.12. The number of ether oxygens (including phenoxy) is 3. The molecule has 0 fully saturated rings. The molecule has 0 unspecified atom stereocenters. The van der Waals surface area contributed by atoms with E-state index in [1.807, 2.05) is 24.3 Å². The Morgan fingerprint density at radius 2 is 2.00 bits per heavy atom. The third kappa shape index (κ3) is 4.02. The van der Waals surface area contributed by atoms with Gasteiger partial charge in [0.05, 0.1) is 24.9 Å². The lowest BCUT2D eigenvalue weighted by atomic mass is 10.2. The van der Waals surface area contributed by atoms with E-state index in [1.165, 1.54) is 0 Å². The second-order valence-electron chi connectivity index (χ2n) is 4.20. The van der Waals surface area contributed by atoms with Gasteiger partial charge in [-0.3, -0.25) is 0 Å². The smallest absolute Gasteiger partial charge is 0.213 e. The molecule has 0 aliphatic heterocycles. The zero-order valence-corrected chi connectivity index (χ0v) is 14.1. The molecule has 0 amide bonds. The monoisotopic (exact) mass is 371 g/mol. The van der Waals surface area contributed by atoms with Gasteiger partial charge in [0.25, 0.3) is 0 Å². The Kier molecular flexibility index (Phi) is 5.70. The minimum atomic E-state index is 0.279. The van der Waals surface area contributed by atoms with Crippen molar-refractivity contribution < 1.29 is 14.2 Å².